The average Bonchev–Trinajstić information content (AvgIpc) is 3.72. The van der Waals surface area contributed by atoms with Crippen LogP contribution in [0.25, 0.3) is 10.9 Å². The molecule has 1 fully saturated rings. The molecule has 0 radical (unpaired) electrons. The van der Waals surface area contributed by atoms with Crippen molar-refractivity contribution in [3.8, 4) is 12.1 Å². The van der Waals surface area contributed by atoms with Crippen molar-refractivity contribution in [2.24, 2.45) is 0 Å². The molecule has 0 amide bonds. The number of anilines is 2. The largest absolute Gasteiger partial charge is 0.378 e. The molecule has 8 nitrogen and oxygen atoms in total. The Morgan fingerprint density at radius 1 is 1.24 bits per heavy atom. The third-order valence-electron chi connectivity index (χ3n) is 6.91. The van der Waals surface area contributed by atoms with Crippen molar-refractivity contribution >= 4 is 53.3 Å². The van der Waals surface area contributed by atoms with Gasteiger partial charge in [0.15, 0.2) is 5.83 Å². The number of aromatic nitrogens is 4. The summed E-state index contributed by atoms with van der Waals surface area (Å²) < 4.78 is 29.2. The monoisotopic (exact) mass is 600 g/mol. The number of halogens is 4. The van der Waals surface area contributed by atoms with E-state index in [-0.39, 0.29) is 28.3 Å². The van der Waals surface area contributed by atoms with E-state index < -0.39 is 16.3 Å². The van der Waals surface area contributed by atoms with Crippen LogP contribution in [-0.2, 0) is 5.44 Å². The minimum absolute atomic E-state index is 0.0821. The summed E-state index contributed by atoms with van der Waals surface area (Å²) in [4.78, 5) is 4.33. The molecule has 0 bridgehead atoms. The van der Waals surface area contributed by atoms with Gasteiger partial charge in [-0.05, 0) is 48.7 Å². The highest BCUT2D eigenvalue weighted by atomic mass is 35.5. The van der Waals surface area contributed by atoms with Crippen molar-refractivity contribution in [3.05, 3.63) is 112 Å². The highest BCUT2D eigenvalue weighted by molar-refractivity contribution is 6.36. The van der Waals surface area contributed by atoms with E-state index in [9.17, 15) is 19.3 Å². The van der Waals surface area contributed by atoms with Crippen LogP contribution in [0.3, 0.4) is 0 Å². The van der Waals surface area contributed by atoms with Gasteiger partial charge in [-0.15, -0.1) is 5.10 Å². The second-order valence-corrected chi connectivity index (χ2v) is 10.6. The van der Waals surface area contributed by atoms with Crippen LogP contribution < -0.4 is 10.6 Å². The van der Waals surface area contributed by atoms with Gasteiger partial charge in [0.05, 0.1) is 68.2 Å². The van der Waals surface area contributed by atoms with E-state index in [2.05, 4.69) is 38.6 Å². The molecule has 1 unspecified atom stereocenters. The minimum Gasteiger partial charge on any atom is -0.378 e. The summed E-state index contributed by atoms with van der Waals surface area (Å²) in [5, 5.41) is 34.5. The molecular weight excluding hydrogens is 580 g/mol. The maximum Gasteiger partial charge on any atom is 0.164 e. The summed E-state index contributed by atoms with van der Waals surface area (Å²) in [5.41, 5.74) is 1.66. The minimum atomic E-state index is -1.01. The zero-order chi connectivity index (χ0) is 30.0. The number of nitrogens with one attached hydrogen (secondary N) is 2. The highest BCUT2D eigenvalue weighted by Gasteiger charge is 2.35. The van der Waals surface area contributed by atoms with Crippen molar-refractivity contribution in [2.75, 3.05) is 10.6 Å². The lowest BCUT2D eigenvalue weighted by molar-refractivity contribution is 0.610. The normalized spacial score (nSPS) is 15.0. The molecule has 1 atom stereocenters. The van der Waals surface area contributed by atoms with E-state index in [4.69, 9.17) is 23.2 Å². The van der Waals surface area contributed by atoms with Crippen molar-refractivity contribution < 1.29 is 8.78 Å². The van der Waals surface area contributed by atoms with Crippen LogP contribution in [0.15, 0.2) is 84.3 Å². The second-order valence-electron chi connectivity index (χ2n) is 9.83. The number of nitriles is 2. The van der Waals surface area contributed by atoms with E-state index in [1.807, 2.05) is 30.9 Å². The lowest BCUT2D eigenvalue weighted by Gasteiger charge is -2.31. The summed E-state index contributed by atoms with van der Waals surface area (Å²) in [6.07, 6.45) is 6.07. The molecule has 1 saturated carbocycles. The van der Waals surface area contributed by atoms with E-state index in [1.54, 1.807) is 30.3 Å². The fraction of sp³-hybridized carbons (Fsp3) is 0.138. The van der Waals surface area contributed by atoms with Crippen molar-refractivity contribution in [3.63, 3.8) is 0 Å². The summed E-state index contributed by atoms with van der Waals surface area (Å²) in [6, 6.07) is 15.0. The molecule has 1 aliphatic rings. The molecule has 0 aliphatic heterocycles. The smallest absolute Gasteiger partial charge is 0.164 e. The molecule has 0 spiro atoms. The van der Waals surface area contributed by atoms with Gasteiger partial charge in [0, 0.05) is 17.3 Å². The number of pyridine rings is 1. The van der Waals surface area contributed by atoms with Crippen molar-refractivity contribution in [1.29, 1.82) is 10.5 Å². The zero-order valence-electron chi connectivity index (χ0n) is 22.2. The van der Waals surface area contributed by atoms with Crippen LogP contribution in [0.1, 0.15) is 41.3 Å². The summed E-state index contributed by atoms with van der Waals surface area (Å²) in [6.45, 7) is 3.65. The molecule has 2 heterocycles. The lowest BCUT2D eigenvalue weighted by Crippen LogP contribution is -2.38. The fourth-order valence-corrected chi connectivity index (χ4v) is 4.96. The van der Waals surface area contributed by atoms with Crippen LogP contribution >= 0.6 is 23.2 Å². The van der Waals surface area contributed by atoms with E-state index in [0.717, 1.165) is 24.5 Å². The average molecular weight is 601 g/mol. The third kappa shape index (κ3) is 5.57. The molecule has 1 aliphatic carbocycles. The Hall–Kier alpha value is -4.71. The Balaban J connectivity index is 1.64. The number of allylic oxidation sites excluding steroid dienone is 3. The first-order valence-corrected chi connectivity index (χ1v) is 13.5. The molecule has 0 saturated heterocycles. The Kier molecular flexibility index (Phi) is 7.99. The van der Waals surface area contributed by atoms with Gasteiger partial charge in [0.25, 0.3) is 0 Å². The van der Waals surface area contributed by atoms with Gasteiger partial charge >= 0.3 is 0 Å². The van der Waals surface area contributed by atoms with Gasteiger partial charge < -0.3 is 10.6 Å². The van der Waals surface area contributed by atoms with Gasteiger partial charge in [-0.25, -0.2) is 13.5 Å². The highest BCUT2D eigenvalue weighted by Crippen LogP contribution is 2.39. The van der Waals surface area contributed by atoms with E-state index >= 15 is 0 Å². The van der Waals surface area contributed by atoms with E-state index in [1.165, 1.54) is 6.20 Å². The number of nitrogens with zero attached hydrogens (tertiary/aromatic N) is 6. The predicted molar refractivity (Wildman–Crippen MR) is 161 cm³/mol. The molecule has 4 aromatic rings. The quantitative estimate of drug-likeness (QED) is 0.170. The van der Waals surface area contributed by atoms with E-state index in [0.29, 0.717) is 33.9 Å². The maximum atomic E-state index is 14.8. The third-order valence-corrected chi connectivity index (χ3v) is 7.49. The molecule has 42 heavy (non-hydrogen) atoms. The van der Waals surface area contributed by atoms with Crippen molar-refractivity contribution in [1.82, 2.24) is 20.0 Å². The summed E-state index contributed by atoms with van der Waals surface area (Å²) >= 11 is 12.5. The lowest BCUT2D eigenvalue weighted by atomic mass is 9.69. The summed E-state index contributed by atoms with van der Waals surface area (Å²) in [7, 11) is 1.91. The number of fused-ring (bicyclic) bond motifs is 1. The standard InChI is InChI=1S/C29H21BCl2F2N8/c1-16(26(34)23(31)7-8-33)38-27-18(13-36)14-37-28-22(27)10-20(11-24(28)32)39-29(30,19-4-2-3-17(9-19)12-35)25-15-42(41-40-25)21-5-6-21/h2-4,7-11,14-15,21,39H,1,5-6,30H2,(H,37,38)/b8-7-,26-23-. The van der Waals surface area contributed by atoms with Crippen molar-refractivity contribution in [2.45, 2.75) is 24.3 Å². The molecule has 208 valence electrons. The summed E-state index contributed by atoms with van der Waals surface area (Å²) in [5.74, 6) is -1.01. The first kappa shape index (κ1) is 28.8. The van der Waals surface area contributed by atoms with Gasteiger partial charge in [0.1, 0.15) is 19.6 Å². The SMILES string of the molecule is BC(Nc1cc(Cl)c2ncc(C#N)c(NC(=C)/C(F)=C(Cl)\C=C/F)c2c1)(c1cccc(C#N)c1)c1cn(C2CC2)nn1. The molecule has 2 aromatic carbocycles. The van der Waals surface area contributed by atoms with Gasteiger partial charge in [0.2, 0.25) is 0 Å². The Labute approximate surface area is 251 Å². The zero-order valence-corrected chi connectivity index (χ0v) is 23.7. The maximum absolute atomic E-state index is 14.8. The molecule has 2 aromatic heterocycles. The molecule has 5 rings (SSSR count). The van der Waals surface area contributed by atoms with Crippen LogP contribution in [0.2, 0.25) is 5.02 Å². The van der Waals surface area contributed by atoms with Crippen LogP contribution in [0, 0.1) is 22.7 Å². The van der Waals surface area contributed by atoms with Gasteiger partial charge in [-0.2, -0.15) is 10.5 Å². The molecule has 2 N–H and O–H groups in total. The number of benzene rings is 2. The number of rotatable bonds is 9. The Bertz CT molecular complexity index is 1870. The Morgan fingerprint density at radius 3 is 2.71 bits per heavy atom. The molecule has 13 heteroatoms. The second kappa shape index (κ2) is 11.7. The number of hydrogen-bond acceptors (Lipinski definition) is 7. The van der Waals surface area contributed by atoms with Gasteiger partial charge in [-0.3, -0.25) is 4.98 Å². The van der Waals surface area contributed by atoms with Crippen LogP contribution in [0.5, 0.6) is 0 Å². The first-order valence-electron chi connectivity index (χ1n) is 12.7. The molecular formula is C29H21BCl2F2N8. The van der Waals surface area contributed by atoms with Gasteiger partial charge in [-0.1, -0.05) is 47.1 Å². The predicted octanol–water partition coefficient (Wildman–Crippen LogP) is 6.33. The number of hydrogen-bond donors (Lipinski definition) is 2. The van der Waals surface area contributed by atoms with Crippen LogP contribution in [-0.4, -0.2) is 27.8 Å². The fourth-order valence-electron chi connectivity index (χ4n) is 4.53. The Morgan fingerprint density at radius 2 is 2.02 bits per heavy atom. The topological polar surface area (TPSA) is 115 Å². The first-order chi connectivity index (χ1) is 20.2. The van der Waals surface area contributed by atoms with Crippen LogP contribution in [0.4, 0.5) is 20.2 Å².